The number of carbonyl (C=O) groups is 1. The summed E-state index contributed by atoms with van der Waals surface area (Å²) < 4.78 is 32.1. The fraction of sp³-hybridized carbons (Fsp3) is 0.600. The van der Waals surface area contributed by atoms with Gasteiger partial charge in [0.15, 0.2) is 0 Å². The van der Waals surface area contributed by atoms with E-state index in [0.717, 1.165) is 12.0 Å². The summed E-state index contributed by atoms with van der Waals surface area (Å²) in [6.07, 6.45) is 3.69. The van der Waals surface area contributed by atoms with Gasteiger partial charge in [-0.1, -0.05) is 0 Å². The molecule has 2 unspecified atom stereocenters. The predicted octanol–water partition coefficient (Wildman–Crippen LogP) is 1.20. The topological polar surface area (TPSA) is 54.5 Å². The summed E-state index contributed by atoms with van der Waals surface area (Å²) in [5, 5.41) is 2.61. The molecule has 5 nitrogen and oxygen atoms in total. The van der Waals surface area contributed by atoms with Crippen molar-refractivity contribution in [1.29, 1.82) is 0 Å². The number of ether oxygens (including phenoxy) is 1. The van der Waals surface area contributed by atoms with Crippen molar-refractivity contribution in [3.8, 4) is 0 Å². The lowest BCUT2D eigenvalue weighted by molar-refractivity contribution is -0.133. The molecule has 120 valence electrons. The van der Waals surface area contributed by atoms with Crippen LogP contribution < -0.4 is 5.32 Å². The molecule has 0 aliphatic carbocycles. The zero-order valence-electron chi connectivity index (χ0n) is 12.2. The number of likely N-dealkylation sites (tertiary alicyclic amines) is 1. The van der Waals surface area contributed by atoms with Gasteiger partial charge in [0.1, 0.15) is 0 Å². The molecule has 3 heterocycles. The predicted molar refractivity (Wildman–Crippen MR) is 75.4 cm³/mol. The number of rotatable bonds is 4. The van der Waals surface area contributed by atoms with Crippen molar-refractivity contribution < 1.29 is 18.3 Å². The Morgan fingerprint density at radius 2 is 2.23 bits per heavy atom. The maximum absolute atomic E-state index is 13.2. The maximum atomic E-state index is 13.2. The Kier molecular flexibility index (Phi) is 4.35. The molecule has 0 aromatic carbocycles. The van der Waals surface area contributed by atoms with Gasteiger partial charge in [0.2, 0.25) is 5.91 Å². The van der Waals surface area contributed by atoms with Crippen molar-refractivity contribution in [1.82, 2.24) is 15.2 Å². The number of hydrogen-bond acceptors (Lipinski definition) is 4. The number of aromatic nitrogens is 1. The second-order valence-electron chi connectivity index (χ2n) is 5.85. The van der Waals surface area contributed by atoms with Crippen molar-refractivity contribution in [2.75, 3.05) is 19.6 Å². The van der Waals surface area contributed by atoms with Gasteiger partial charge in [-0.25, -0.2) is 8.78 Å². The molecule has 2 aliphatic heterocycles. The van der Waals surface area contributed by atoms with E-state index in [2.05, 4.69) is 10.3 Å². The zero-order valence-corrected chi connectivity index (χ0v) is 12.2. The average Bonchev–Trinajstić information content (AvgIpc) is 3.12. The number of nitrogens with one attached hydrogen (secondary N) is 1. The number of hydrogen-bond donors (Lipinski definition) is 1. The van der Waals surface area contributed by atoms with E-state index in [1.807, 2.05) is 12.1 Å². The molecule has 0 radical (unpaired) electrons. The van der Waals surface area contributed by atoms with E-state index in [9.17, 15) is 13.6 Å². The molecule has 2 fully saturated rings. The third-order valence-corrected chi connectivity index (χ3v) is 4.10. The SMILES string of the molecule is O=C(C1CC(F)(F)CN1)N1CCC(OCc2ccncc2)C1. The number of alkyl halides is 2. The van der Waals surface area contributed by atoms with Crippen LogP contribution in [0.3, 0.4) is 0 Å². The average molecular weight is 311 g/mol. The molecular weight excluding hydrogens is 292 g/mol. The smallest absolute Gasteiger partial charge is 0.262 e. The number of halogens is 2. The van der Waals surface area contributed by atoms with Crippen LogP contribution in [0.1, 0.15) is 18.4 Å². The van der Waals surface area contributed by atoms with Crippen molar-refractivity contribution in [3.05, 3.63) is 30.1 Å². The van der Waals surface area contributed by atoms with Crippen LogP contribution in [-0.2, 0) is 16.1 Å². The molecule has 2 atom stereocenters. The highest BCUT2D eigenvalue weighted by Crippen LogP contribution is 2.27. The van der Waals surface area contributed by atoms with Gasteiger partial charge < -0.3 is 9.64 Å². The monoisotopic (exact) mass is 311 g/mol. The largest absolute Gasteiger partial charge is 0.372 e. The van der Waals surface area contributed by atoms with Crippen molar-refractivity contribution in [2.45, 2.75) is 37.5 Å². The van der Waals surface area contributed by atoms with Gasteiger partial charge >= 0.3 is 0 Å². The second-order valence-corrected chi connectivity index (χ2v) is 5.85. The Morgan fingerprint density at radius 1 is 1.45 bits per heavy atom. The van der Waals surface area contributed by atoms with Crippen LogP contribution in [0.15, 0.2) is 24.5 Å². The fourth-order valence-electron chi connectivity index (χ4n) is 2.87. The first-order chi connectivity index (χ1) is 10.5. The summed E-state index contributed by atoms with van der Waals surface area (Å²) in [7, 11) is 0. The maximum Gasteiger partial charge on any atom is 0.262 e. The highest BCUT2D eigenvalue weighted by Gasteiger charge is 2.44. The van der Waals surface area contributed by atoms with Crippen LogP contribution >= 0.6 is 0 Å². The molecule has 1 amide bonds. The van der Waals surface area contributed by atoms with Gasteiger partial charge in [-0.15, -0.1) is 0 Å². The van der Waals surface area contributed by atoms with Crippen molar-refractivity contribution in [3.63, 3.8) is 0 Å². The summed E-state index contributed by atoms with van der Waals surface area (Å²) in [5.74, 6) is -3.02. The van der Waals surface area contributed by atoms with Crippen molar-refractivity contribution in [2.24, 2.45) is 0 Å². The second kappa shape index (κ2) is 6.26. The summed E-state index contributed by atoms with van der Waals surface area (Å²) in [5.41, 5.74) is 1.02. The summed E-state index contributed by atoms with van der Waals surface area (Å²) in [4.78, 5) is 17.8. The Balaban J connectivity index is 1.47. The quantitative estimate of drug-likeness (QED) is 0.908. The van der Waals surface area contributed by atoms with Crippen LogP contribution in [-0.4, -0.2) is 53.5 Å². The summed E-state index contributed by atoms with van der Waals surface area (Å²) in [6, 6.07) is 2.99. The third kappa shape index (κ3) is 3.59. The lowest BCUT2D eigenvalue weighted by atomic mass is 10.2. The highest BCUT2D eigenvalue weighted by molar-refractivity contribution is 5.82. The third-order valence-electron chi connectivity index (χ3n) is 4.10. The van der Waals surface area contributed by atoms with E-state index < -0.39 is 24.9 Å². The van der Waals surface area contributed by atoms with Gasteiger partial charge in [-0.3, -0.25) is 15.1 Å². The first kappa shape index (κ1) is 15.3. The van der Waals surface area contributed by atoms with Crippen LogP contribution in [0.25, 0.3) is 0 Å². The fourth-order valence-corrected chi connectivity index (χ4v) is 2.87. The van der Waals surface area contributed by atoms with Gasteiger partial charge in [0.05, 0.1) is 25.3 Å². The molecule has 1 aromatic rings. The Morgan fingerprint density at radius 3 is 2.91 bits per heavy atom. The summed E-state index contributed by atoms with van der Waals surface area (Å²) >= 11 is 0. The Bertz CT molecular complexity index is 527. The number of nitrogens with zero attached hydrogens (tertiary/aromatic N) is 2. The van der Waals surface area contributed by atoms with E-state index >= 15 is 0 Å². The molecule has 1 N–H and O–H groups in total. The molecule has 1 aromatic heterocycles. The van der Waals surface area contributed by atoms with Gasteiger partial charge in [-0.2, -0.15) is 0 Å². The minimum Gasteiger partial charge on any atom is -0.372 e. The number of carbonyl (C=O) groups excluding carboxylic acids is 1. The lowest BCUT2D eigenvalue weighted by Crippen LogP contribution is -2.42. The summed E-state index contributed by atoms with van der Waals surface area (Å²) in [6.45, 7) is 1.07. The molecule has 2 aliphatic rings. The number of amides is 1. The molecule has 0 spiro atoms. The first-order valence-corrected chi connectivity index (χ1v) is 7.44. The number of pyridine rings is 1. The highest BCUT2D eigenvalue weighted by atomic mass is 19.3. The molecule has 3 rings (SSSR count). The van der Waals surface area contributed by atoms with Crippen LogP contribution in [0.5, 0.6) is 0 Å². The van der Waals surface area contributed by atoms with E-state index in [4.69, 9.17) is 4.74 Å². The van der Waals surface area contributed by atoms with Gasteiger partial charge in [0, 0.05) is 31.9 Å². The molecule has 0 bridgehead atoms. The van der Waals surface area contributed by atoms with E-state index in [-0.39, 0.29) is 12.0 Å². The molecule has 2 saturated heterocycles. The van der Waals surface area contributed by atoms with E-state index in [1.54, 1.807) is 17.3 Å². The minimum absolute atomic E-state index is 0.0426. The van der Waals surface area contributed by atoms with Crippen molar-refractivity contribution >= 4 is 5.91 Å². The molecule has 0 saturated carbocycles. The van der Waals surface area contributed by atoms with Gasteiger partial charge in [-0.05, 0) is 24.1 Å². The Hall–Kier alpha value is -1.60. The van der Waals surface area contributed by atoms with Crippen LogP contribution in [0.4, 0.5) is 8.78 Å². The van der Waals surface area contributed by atoms with Crippen LogP contribution in [0, 0.1) is 0 Å². The molecule has 22 heavy (non-hydrogen) atoms. The molecule has 7 heteroatoms. The van der Waals surface area contributed by atoms with Crippen LogP contribution in [0.2, 0.25) is 0 Å². The molecular formula is C15H19F2N3O2. The normalized spacial score (nSPS) is 27.3. The first-order valence-electron chi connectivity index (χ1n) is 7.44. The Labute approximate surface area is 127 Å². The minimum atomic E-state index is -2.78. The van der Waals surface area contributed by atoms with E-state index in [1.165, 1.54) is 0 Å². The van der Waals surface area contributed by atoms with Gasteiger partial charge in [0.25, 0.3) is 5.92 Å². The lowest BCUT2D eigenvalue weighted by Gasteiger charge is -2.20. The van der Waals surface area contributed by atoms with E-state index in [0.29, 0.717) is 19.7 Å². The zero-order chi connectivity index (χ0) is 15.6. The standard InChI is InChI=1S/C15H19F2N3O2/c16-15(17)7-13(19-10-15)14(21)20-6-3-12(8-20)22-9-11-1-4-18-5-2-11/h1-2,4-5,12-13,19H,3,6-10H2.